The average Bonchev–Trinajstić information content (AvgIpc) is 2.61. The fourth-order valence-electron chi connectivity index (χ4n) is 2.23. The van der Waals surface area contributed by atoms with Gasteiger partial charge in [0.25, 0.3) is 0 Å². The zero-order valence-corrected chi connectivity index (χ0v) is 14.2. The van der Waals surface area contributed by atoms with E-state index < -0.39 is 0 Å². The molecule has 0 unspecified atom stereocenters. The molecule has 3 N–H and O–H groups in total. The van der Waals surface area contributed by atoms with E-state index >= 15 is 0 Å². The minimum absolute atomic E-state index is 0.303. The second-order valence-electron chi connectivity index (χ2n) is 5.34. The number of esters is 1. The molecule has 1 aromatic carbocycles. The summed E-state index contributed by atoms with van der Waals surface area (Å²) in [6, 6.07) is 10.7. The van der Waals surface area contributed by atoms with Crippen LogP contribution in [0.25, 0.3) is 0 Å². The van der Waals surface area contributed by atoms with Crippen LogP contribution in [0.4, 0.5) is 17.2 Å². The molecule has 0 spiro atoms. The summed E-state index contributed by atoms with van der Waals surface area (Å²) in [6.45, 7) is 7.24. The van der Waals surface area contributed by atoms with Crippen LogP contribution in [0.3, 0.4) is 0 Å². The molecule has 0 radical (unpaired) electrons. The summed E-state index contributed by atoms with van der Waals surface area (Å²) in [4.78, 5) is 18.3. The van der Waals surface area contributed by atoms with Gasteiger partial charge in [-0.25, -0.2) is 9.78 Å². The number of pyridine rings is 1. The molecule has 2 rings (SSSR count). The number of hydrogen-bond donors (Lipinski definition) is 2. The van der Waals surface area contributed by atoms with Crippen molar-refractivity contribution in [3.8, 4) is 0 Å². The average molecular weight is 328 g/mol. The van der Waals surface area contributed by atoms with E-state index in [0.717, 1.165) is 31.0 Å². The van der Waals surface area contributed by atoms with Gasteiger partial charge in [-0.15, -0.1) is 0 Å². The van der Waals surface area contributed by atoms with E-state index in [9.17, 15) is 4.79 Å². The molecule has 0 fully saturated rings. The molecule has 0 atom stereocenters. The third kappa shape index (κ3) is 5.24. The van der Waals surface area contributed by atoms with Crippen molar-refractivity contribution in [2.24, 2.45) is 0 Å². The van der Waals surface area contributed by atoms with Gasteiger partial charge in [-0.05, 0) is 49.5 Å². The van der Waals surface area contributed by atoms with E-state index in [1.807, 2.05) is 18.2 Å². The highest BCUT2D eigenvalue weighted by Crippen LogP contribution is 2.17. The normalized spacial score (nSPS) is 10.6. The number of ether oxygens (including phenoxy) is 1. The van der Waals surface area contributed by atoms with Crippen molar-refractivity contribution in [1.82, 2.24) is 9.88 Å². The Kier molecular flexibility index (Phi) is 6.57. The quantitative estimate of drug-likeness (QED) is 0.725. The number of nitrogen functional groups attached to an aromatic ring is 1. The molecule has 128 valence electrons. The first kappa shape index (κ1) is 17.7. The second kappa shape index (κ2) is 8.88. The van der Waals surface area contributed by atoms with Crippen LogP contribution in [0.5, 0.6) is 0 Å². The van der Waals surface area contributed by atoms with E-state index in [1.165, 1.54) is 0 Å². The summed E-state index contributed by atoms with van der Waals surface area (Å²) in [5.41, 5.74) is 7.79. The van der Waals surface area contributed by atoms with Crippen molar-refractivity contribution < 1.29 is 9.53 Å². The molecule has 0 aliphatic rings. The van der Waals surface area contributed by atoms with Gasteiger partial charge in [-0.2, -0.15) is 0 Å². The number of carbonyl (C=O) groups is 1. The maximum Gasteiger partial charge on any atom is 0.338 e. The van der Waals surface area contributed by atoms with Crippen molar-refractivity contribution >= 4 is 23.2 Å². The Morgan fingerprint density at radius 2 is 1.79 bits per heavy atom. The Hall–Kier alpha value is -2.60. The van der Waals surface area contributed by atoms with E-state index in [2.05, 4.69) is 29.0 Å². The summed E-state index contributed by atoms with van der Waals surface area (Å²) in [6.07, 6.45) is 1.66. The van der Waals surface area contributed by atoms with Crippen molar-refractivity contribution in [3.05, 3.63) is 48.2 Å². The highest BCUT2D eigenvalue weighted by Gasteiger charge is 2.08. The number of nitrogens with one attached hydrogen (secondary N) is 1. The predicted octanol–water partition coefficient (Wildman–Crippen LogP) is 2.91. The van der Waals surface area contributed by atoms with Gasteiger partial charge in [-0.1, -0.05) is 13.8 Å². The smallest absolute Gasteiger partial charge is 0.338 e. The van der Waals surface area contributed by atoms with Gasteiger partial charge >= 0.3 is 5.97 Å². The topological polar surface area (TPSA) is 80.5 Å². The summed E-state index contributed by atoms with van der Waals surface area (Å²) in [5, 5.41) is 3.19. The molecule has 2 aromatic rings. The molecule has 1 aromatic heterocycles. The number of benzene rings is 1. The standard InChI is InChI=1S/C18H24N4O2/c1-3-22(4-2)11-12-24-18(23)14-5-7-15(8-6-14)21-16-9-10-17(19)20-13-16/h5-10,13,21H,3-4,11-12H2,1-2H3,(H2,19,20). The SMILES string of the molecule is CCN(CC)CCOC(=O)c1ccc(Nc2ccc(N)nc2)cc1. The summed E-state index contributed by atoms with van der Waals surface area (Å²) in [7, 11) is 0. The lowest BCUT2D eigenvalue weighted by Crippen LogP contribution is -2.27. The molecule has 0 saturated heterocycles. The lowest BCUT2D eigenvalue weighted by atomic mass is 10.2. The van der Waals surface area contributed by atoms with Crippen LogP contribution in [0.1, 0.15) is 24.2 Å². The Morgan fingerprint density at radius 1 is 1.12 bits per heavy atom. The highest BCUT2D eigenvalue weighted by atomic mass is 16.5. The summed E-state index contributed by atoms with van der Waals surface area (Å²) >= 11 is 0. The number of likely N-dealkylation sites (N-methyl/N-ethyl adjacent to an activating group) is 1. The fraction of sp³-hybridized carbons (Fsp3) is 0.333. The number of anilines is 3. The van der Waals surface area contributed by atoms with Gasteiger partial charge < -0.3 is 20.7 Å². The number of hydrogen-bond acceptors (Lipinski definition) is 6. The maximum absolute atomic E-state index is 12.0. The van der Waals surface area contributed by atoms with Crippen LogP contribution in [-0.2, 0) is 4.74 Å². The minimum Gasteiger partial charge on any atom is -0.461 e. The number of nitrogens with zero attached hydrogens (tertiary/aromatic N) is 2. The monoisotopic (exact) mass is 328 g/mol. The molecule has 0 bridgehead atoms. The molecule has 0 saturated carbocycles. The van der Waals surface area contributed by atoms with E-state index in [-0.39, 0.29) is 5.97 Å². The largest absolute Gasteiger partial charge is 0.461 e. The Bertz CT molecular complexity index is 637. The van der Waals surface area contributed by atoms with Crippen molar-refractivity contribution in [2.75, 3.05) is 37.3 Å². The van der Waals surface area contributed by atoms with Gasteiger partial charge in [-0.3, -0.25) is 0 Å². The van der Waals surface area contributed by atoms with E-state index in [0.29, 0.717) is 18.0 Å². The van der Waals surface area contributed by atoms with Crippen molar-refractivity contribution in [3.63, 3.8) is 0 Å². The third-order valence-electron chi connectivity index (χ3n) is 3.73. The van der Waals surface area contributed by atoms with Gasteiger partial charge in [0.05, 0.1) is 17.4 Å². The molecule has 0 aliphatic carbocycles. The predicted molar refractivity (Wildman–Crippen MR) is 96.4 cm³/mol. The zero-order valence-electron chi connectivity index (χ0n) is 14.2. The van der Waals surface area contributed by atoms with Crippen LogP contribution in [0.2, 0.25) is 0 Å². The van der Waals surface area contributed by atoms with Crippen LogP contribution >= 0.6 is 0 Å². The highest BCUT2D eigenvalue weighted by molar-refractivity contribution is 5.89. The Balaban J connectivity index is 1.86. The lowest BCUT2D eigenvalue weighted by molar-refractivity contribution is 0.0466. The minimum atomic E-state index is -0.303. The first-order valence-corrected chi connectivity index (χ1v) is 8.10. The first-order valence-electron chi connectivity index (χ1n) is 8.10. The zero-order chi connectivity index (χ0) is 17.4. The van der Waals surface area contributed by atoms with E-state index in [1.54, 1.807) is 24.4 Å². The Labute approximate surface area is 142 Å². The molecule has 1 heterocycles. The number of rotatable bonds is 8. The van der Waals surface area contributed by atoms with E-state index in [4.69, 9.17) is 10.5 Å². The molecular weight excluding hydrogens is 304 g/mol. The van der Waals surface area contributed by atoms with Crippen LogP contribution in [0.15, 0.2) is 42.6 Å². The Morgan fingerprint density at radius 3 is 2.38 bits per heavy atom. The number of nitrogens with two attached hydrogens (primary N) is 1. The molecule has 6 heteroatoms. The van der Waals surface area contributed by atoms with Crippen LogP contribution < -0.4 is 11.1 Å². The van der Waals surface area contributed by atoms with Gasteiger partial charge in [0, 0.05) is 12.2 Å². The molecule has 0 aliphatic heterocycles. The van der Waals surface area contributed by atoms with Crippen molar-refractivity contribution in [2.45, 2.75) is 13.8 Å². The summed E-state index contributed by atoms with van der Waals surface area (Å²) < 4.78 is 5.31. The molecule has 0 amide bonds. The van der Waals surface area contributed by atoms with Crippen molar-refractivity contribution in [1.29, 1.82) is 0 Å². The van der Waals surface area contributed by atoms with Gasteiger partial charge in [0.1, 0.15) is 12.4 Å². The molecular formula is C18H24N4O2. The van der Waals surface area contributed by atoms with Gasteiger partial charge in [0.15, 0.2) is 0 Å². The molecule has 6 nitrogen and oxygen atoms in total. The third-order valence-corrected chi connectivity index (χ3v) is 3.73. The van der Waals surface area contributed by atoms with Crippen LogP contribution in [0, 0.1) is 0 Å². The maximum atomic E-state index is 12.0. The van der Waals surface area contributed by atoms with Crippen LogP contribution in [-0.4, -0.2) is 42.1 Å². The summed E-state index contributed by atoms with van der Waals surface area (Å²) in [5.74, 6) is 0.172. The fourth-order valence-corrected chi connectivity index (χ4v) is 2.23. The van der Waals surface area contributed by atoms with Gasteiger partial charge in [0.2, 0.25) is 0 Å². The number of aromatic nitrogens is 1. The molecule has 24 heavy (non-hydrogen) atoms. The lowest BCUT2D eigenvalue weighted by Gasteiger charge is -2.17. The number of carbonyl (C=O) groups excluding carboxylic acids is 1. The first-order chi connectivity index (χ1) is 11.6. The second-order valence-corrected chi connectivity index (χ2v) is 5.34.